The van der Waals surface area contributed by atoms with E-state index in [0.29, 0.717) is 4.47 Å². The van der Waals surface area contributed by atoms with Crippen LogP contribution < -0.4 is 0 Å². The number of hydrogen-bond donors (Lipinski definition) is 0. The van der Waals surface area contributed by atoms with Crippen molar-refractivity contribution in [2.75, 3.05) is 7.05 Å². The lowest BCUT2D eigenvalue weighted by Crippen LogP contribution is -2.35. The SMILES string of the molecule is CN(C1CCCC1)S(=O)(=O)c1c(Cl)cccc1Br. The maximum Gasteiger partial charge on any atom is 0.245 e. The number of sulfonamides is 1. The second-order valence-corrected chi connectivity index (χ2v) is 7.71. The molecule has 100 valence electrons. The minimum Gasteiger partial charge on any atom is -0.207 e. The zero-order valence-corrected chi connectivity index (χ0v) is 13.2. The van der Waals surface area contributed by atoms with Crippen molar-refractivity contribution in [1.29, 1.82) is 0 Å². The summed E-state index contributed by atoms with van der Waals surface area (Å²) in [6.45, 7) is 0. The van der Waals surface area contributed by atoms with Crippen molar-refractivity contribution in [3.63, 3.8) is 0 Å². The van der Waals surface area contributed by atoms with Crippen molar-refractivity contribution in [2.24, 2.45) is 0 Å². The predicted molar refractivity (Wildman–Crippen MR) is 76.4 cm³/mol. The van der Waals surface area contributed by atoms with Crippen LogP contribution in [0, 0.1) is 0 Å². The van der Waals surface area contributed by atoms with Crippen LogP contribution in [0.15, 0.2) is 27.6 Å². The van der Waals surface area contributed by atoms with Crippen LogP contribution in [0.3, 0.4) is 0 Å². The second kappa shape index (κ2) is 5.49. The summed E-state index contributed by atoms with van der Waals surface area (Å²) in [5.74, 6) is 0. The minimum absolute atomic E-state index is 0.0955. The van der Waals surface area contributed by atoms with Crippen LogP contribution in [0.5, 0.6) is 0 Å². The van der Waals surface area contributed by atoms with Gasteiger partial charge in [0.05, 0.1) is 5.02 Å². The van der Waals surface area contributed by atoms with Crippen LogP contribution in [0.1, 0.15) is 25.7 Å². The van der Waals surface area contributed by atoms with E-state index in [0.717, 1.165) is 25.7 Å². The fourth-order valence-corrected chi connectivity index (χ4v) is 5.42. The van der Waals surface area contributed by atoms with Gasteiger partial charge < -0.3 is 0 Å². The fourth-order valence-electron chi connectivity index (χ4n) is 2.34. The lowest BCUT2D eigenvalue weighted by atomic mass is 10.3. The highest BCUT2D eigenvalue weighted by Crippen LogP contribution is 2.34. The van der Waals surface area contributed by atoms with Gasteiger partial charge in [0, 0.05) is 17.6 Å². The number of hydrogen-bond acceptors (Lipinski definition) is 2. The summed E-state index contributed by atoms with van der Waals surface area (Å²) in [5.41, 5.74) is 0. The Labute approximate surface area is 121 Å². The molecule has 6 heteroatoms. The standard InChI is InChI=1S/C12H15BrClNO2S/c1-15(9-5-2-3-6-9)18(16,17)12-10(13)7-4-8-11(12)14/h4,7-9H,2-3,5-6H2,1H3. The van der Waals surface area contributed by atoms with Gasteiger partial charge in [-0.25, -0.2) is 8.42 Å². The van der Waals surface area contributed by atoms with E-state index in [4.69, 9.17) is 11.6 Å². The minimum atomic E-state index is -3.53. The van der Waals surface area contributed by atoms with Gasteiger partial charge in [-0.3, -0.25) is 0 Å². The van der Waals surface area contributed by atoms with E-state index in [1.165, 1.54) is 4.31 Å². The molecular weight excluding hydrogens is 338 g/mol. The predicted octanol–water partition coefficient (Wildman–Crippen LogP) is 3.67. The average Bonchev–Trinajstić information content (AvgIpc) is 2.80. The van der Waals surface area contributed by atoms with Gasteiger partial charge in [0.15, 0.2) is 0 Å². The Kier molecular flexibility index (Phi) is 4.36. The first-order valence-corrected chi connectivity index (χ1v) is 8.47. The number of rotatable bonds is 3. The Bertz CT molecular complexity index is 521. The van der Waals surface area contributed by atoms with Crippen LogP contribution in [0.25, 0.3) is 0 Å². The van der Waals surface area contributed by atoms with Gasteiger partial charge in [-0.05, 0) is 40.9 Å². The lowest BCUT2D eigenvalue weighted by molar-refractivity contribution is 0.373. The topological polar surface area (TPSA) is 37.4 Å². The zero-order chi connectivity index (χ0) is 13.3. The van der Waals surface area contributed by atoms with Gasteiger partial charge in [-0.15, -0.1) is 0 Å². The molecule has 18 heavy (non-hydrogen) atoms. The molecule has 0 amide bonds. The molecule has 1 saturated carbocycles. The van der Waals surface area contributed by atoms with Gasteiger partial charge in [0.1, 0.15) is 4.90 Å². The molecule has 1 aromatic carbocycles. The monoisotopic (exact) mass is 351 g/mol. The molecule has 0 N–H and O–H groups in total. The third-order valence-electron chi connectivity index (χ3n) is 3.39. The number of benzene rings is 1. The molecule has 1 aliphatic carbocycles. The van der Waals surface area contributed by atoms with E-state index < -0.39 is 10.0 Å². The van der Waals surface area contributed by atoms with Crippen LogP contribution in [0.2, 0.25) is 5.02 Å². The van der Waals surface area contributed by atoms with E-state index >= 15 is 0 Å². The molecule has 1 fully saturated rings. The molecule has 1 aromatic rings. The Morgan fingerprint density at radius 3 is 2.50 bits per heavy atom. The molecule has 0 bridgehead atoms. The summed E-state index contributed by atoms with van der Waals surface area (Å²) in [7, 11) is -1.89. The van der Waals surface area contributed by atoms with Crippen LogP contribution in [0.4, 0.5) is 0 Å². The maximum atomic E-state index is 12.6. The maximum absolute atomic E-state index is 12.6. The summed E-state index contributed by atoms with van der Waals surface area (Å²) in [6.07, 6.45) is 4.04. The quantitative estimate of drug-likeness (QED) is 0.832. The van der Waals surface area contributed by atoms with Gasteiger partial charge >= 0.3 is 0 Å². The first-order valence-electron chi connectivity index (χ1n) is 5.86. The van der Waals surface area contributed by atoms with E-state index in [-0.39, 0.29) is 16.0 Å². The zero-order valence-electron chi connectivity index (χ0n) is 10.1. The van der Waals surface area contributed by atoms with Crippen LogP contribution in [-0.2, 0) is 10.0 Å². The van der Waals surface area contributed by atoms with Crippen molar-refractivity contribution in [1.82, 2.24) is 4.31 Å². The highest BCUT2D eigenvalue weighted by Gasteiger charge is 2.32. The van der Waals surface area contributed by atoms with Crippen molar-refractivity contribution < 1.29 is 8.42 Å². The van der Waals surface area contributed by atoms with Gasteiger partial charge in [0.25, 0.3) is 0 Å². The molecule has 0 aliphatic heterocycles. The molecule has 3 nitrogen and oxygen atoms in total. The van der Waals surface area contributed by atoms with Crippen molar-refractivity contribution in [3.8, 4) is 0 Å². The van der Waals surface area contributed by atoms with Crippen molar-refractivity contribution in [2.45, 2.75) is 36.6 Å². The molecule has 0 saturated heterocycles. The first kappa shape index (κ1) is 14.3. The Morgan fingerprint density at radius 1 is 1.33 bits per heavy atom. The van der Waals surface area contributed by atoms with Crippen LogP contribution >= 0.6 is 27.5 Å². The largest absolute Gasteiger partial charge is 0.245 e. The smallest absolute Gasteiger partial charge is 0.207 e. The summed E-state index contributed by atoms with van der Waals surface area (Å²) in [4.78, 5) is 0.168. The average molecular weight is 353 g/mol. The molecule has 0 spiro atoms. The second-order valence-electron chi connectivity index (χ2n) is 4.51. The highest BCUT2D eigenvalue weighted by molar-refractivity contribution is 9.10. The van der Waals surface area contributed by atoms with Gasteiger partial charge in [-0.1, -0.05) is 30.5 Å². The number of halogens is 2. The molecule has 1 aliphatic rings. The van der Waals surface area contributed by atoms with Gasteiger partial charge in [0.2, 0.25) is 10.0 Å². The van der Waals surface area contributed by atoms with Crippen molar-refractivity contribution in [3.05, 3.63) is 27.7 Å². The number of nitrogens with zero attached hydrogens (tertiary/aromatic N) is 1. The molecular formula is C12H15BrClNO2S. The van der Waals surface area contributed by atoms with E-state index in [2.05, 4.69) is 15.9 Å². The molecule has 0 radical (unpaired) electrons. The molecule has 0 atom stereocenters. The van der Waals surface area contributed by atoms with E-state index in [9.17, 15) is 8.42 Å². The Hall–Kier alpha value is -0.100. The molecule has 0 aromatic heterocycles. The normalized spacial score (nSPS) is 17.6. The summed E-state index contributed by atoms with van der Waals surface area (Å²) < 4.78 is 27.1. The summed E-state index contributed by atoms with van der Waals surface area (Å²) in [6, 6.07) is 5.11. The van der Waals surface area contributed by atoms with E-state index in [1.807, 2.05) is 0 Å². The fraction of sp³-hybridized carbons (Fsp3) is 0.500. The Morgan fingerprint density at radius 2 is 1.94 bits per heavy atom. The highest BCUT2D eigenvalue weighted by atomic mass is 79.9. The first-order chi connectivity index (χ1) is 8.44. The molecule has 2 rings (SSSR count). The third-order valence-corrected chi connectivity index (χ3v) is 6.76. The third kappa shape index (κ3) is 2.59. The van der Waals surface area contributed by atoms with Gasteiger partial charge in [-0.2, -0.15) is 4.31 Å². The molecule has 0 unspecified atom stereocenters. The lowest BCUT2D eigenvalue weighted by Gasteiger charge is -2.24. The van der Waals surface area contributed by atoms with E-state index in [1.54, 1.807) is 25.2 Å². The molecule has 0 heterocycles. The summed E-state index contributed by atoms with van der Waals surface area (Å²) >= 11 is 9.30. The van der Waals surface area contributed by atoms with Crippen molar-refractivity contribution >= 4 is 37.6 Å². The Balaban J connectivity index is 2.41. The van der Waals surface area contributed by atoms with Crippen LogP contribution in [-0.4, -0.2) is 25.8 Å². The summed E-state index contributed by atoms with van der Waals surface area (Å²) in [5, 5.41) is 0.259.